The molecule has 1 aromatic carbocycles. The summed E-state index contributed by atoms with van der Waals surface area (Å²) < 4.78 is 1.12. The van der Waals surface area contributed by atoms with Gasteiger partial charge in [0.25, 0.3) is 0 Å². The second kappa shape index (κ2) is 6.64. The molecule has 2 aromatic rings. The largest absolute Gasteiger partial charge is 0.312 e. The van der Waals surface area contributed by atoms with Crippen LogP contribution in [0.2, 0.25) is 0 Å². The lowest BCUT2D eigenvalue weighted by Crippen LogP contribution is -2.11. The second-order valence-corrected chi connectivity index (χ2v) is 6.44. The molecule has 102 valence electrons. The molecule has 0 aliphatic rings. The Labute approximate surface area is 127 Å². The molecule has 0 bridgehead atoms. The van der Waals surface area contributed by atoms with Gasteiger partial charge in [-0.15, -0.1) is 11.3 Å². The number of aryl methyl sites for hydroxylation is 2. The van der Waals surface area contributed by atoms with Crippen molar-refractivity contribution in [3.63, 3.8) is 0 Å². The summed E-state index contributed by atoms with van der Waals surface area (Å²) in [6, 6.07) is 6.43. The van der Waals surface area contributed by atoms with Gasteiger partial charge in [0.1, 0.15) is 5.01 Å². The summed E-state index contributed by atoms with van der Waals surface area (Å²) in [5, 5.41) is 4.49. The van der Waals surface area contributed by atoms with E-state index in [9.17, 15) is 0 Å². The number of benzene rings is 1. The van der Waals surface area contributed by atoms with Crippen molar-refractivity contribution in [2.24, 2.45) is 0 Å². The summed E-state index contributed by atoms with van der Waals surface area (Å²) in [5.74, 6) is 0. The number of thiazole rings is 1. The minimum atomic E-state index is 0.917. The van der Waals surface area contributed by atoms with Crippen LogP contribution in [-0.4, -0.2) is 11.5 Å². The maximum Gasteiger partial charge on any atom is 0.125 e. The number of aromatic nitrogens is 1. The van der Waals surface area contributed by atoms with Crippen molar-refractivity contribution >= 4 is 27.3 Å². The van der Waals surface area contributed by atoms with Gasteiger partial charge in [0.15, 0.2) is 0 Å². The van der Waals surface area contributed by atoms with Crippen LogP contribution in [-0.2, 0) is 13.0 Å². The molecule has 0 fully saturated rings. The number of rotatable bonds is 5. The standard InChI is InChI=1S/C15H19BrN2S/c1-4-13-14(9-17-5-2)19-15(18-13)11-7-6-10(3)8-12(11)16/h6-8,17H,4-5,9H2,1-3H3. The molecule has 0 amide bonds. The van der Waals surface area contributed by atoms with Crippen LogP contribution < -0.4 is 5.32 Å². The van der Waals surface area contributed by atoms with Gasteiger partial charge < -0.3 is 5.32 Å². The molecule has 0 aliphatic carbocycles. The van der Waals surface area contributed by atoms with Crippen LogP contribution in [0, 0.1) is 6.92 Å². The van der Waals surface area contributed by atoms with Crippen LogP contribution >= 0.6 is 27.3 Å². The quantitative estimate of drug-likeness (QED) is 0.864. The van der Waals surface area contributed by atoms with E-state index in [4.69, 9.17) is 4.98 Å². The summed E-state index contributed by atoms with van der Waals surface area (Å²) in [7, 11) is 0. The lowest BCUT2D eigenvalue weighted by molar-refractivity contribution is 0.727. The zero-order valence-electron chi connectivity index (χ0n) is 11.6. The number of hydrogen-bond donors (Lipinski definition) is 1. The Morgan fingerprint density at radius 3 is 2.74 bits per heavy atom. The molecule has 0 unspecified atom stereocenters. The van der Waals surface area contributed by atoms with Gasteiger partial charge in [-0.1, -0.05) is 41.9 Å². The number of halogens is 1. The van der Waals surface area contributed by atoms with E-state index >= 15 is 0 Å². The predicted octanol–water partition coefficient (Wildman–Crippen LogP) is 4.55. The highest BCUT2D eigenvalue weighted by Crippen LogP contribution is 2.34. The van der Waals surface area contributed by atoms with Crippen LogP contribution in [0.25, 0.3) is 10.6 Å². The zero-order chi connectivity index (χ0) is 13.8. The lowest BCUT2D eigenvalue weighted by Gasteiger charge is -2.01. The molecule has 1 heterocycles. The first-order valence-corrected chi connectivity index (χ1v) is 8.22. The average Bonchev–Trinajstić information content (AvgIpc) is 2.79. The normalized spacial score (nSPS) is 10.9. The van der Waals surface area contributed by atoms with Crippen LogP contribution in [0.4, 0.5) is 0 Å². The molecule has 1 aromatic heterocycles. The predicted molar refractivity (Wildman–Crippen MR) is 86.7 cm³/mol. The first-order chi connectivity index (χ1) is 9.15. The van der Waals surface area contributed by atoms with Crippen molar-refractivity contribution in [1.82, 2.24) is 10.3 Å². The Hall–Kier alpha value is -0.710. The van der Waals surface area contributed by atoms with E-state index in [1.165, 1.54) is 21.7 Å². The molecule has 0 aliphatic heterocycles. The van der Waals surface area contributed by atoms with Gasteiger partial charge in [0, 0.05) is 21.5 Å². The summed E-state index contributed by atoms with van der Waals surface area (Å²) >= 11 is 5.44. The van der Waals surface area contributed by atoms with Crippen LogP contribution in [0.5, 0.6) is 0 Å². The van der Waals surface area contributed by atoms with E-state index in [-0.39, 0.29) is 0 Å². The summed E-state index contributed by atoms with van der Waals surface area (Å²) in [5.41, 5.74) is 3.66. The lowest BCUT2D eigenvalue weighted by atomic mass is 10.1. The maximum absolute atomic E-state index is 4.79. The van der Waals surface area contributed by atoms with Crippen molar-refractivity contribution in [2.45, 2.75) is 33.7 Å². The van der Waals surface area contributed by atoms with E-state index < -0.39 is 0 Å². The summed E-state index contributed by atoms with van der Waals surface area (Å²) in [6.45, 7) is 8.30. The Bertz CT molecular complexity index is 563. The van der Waals surface area contributed by atoms with E-state index in [2.05, 4.69) is 60.2 Å². The fourth-order valence-electron chi connectivity index (χ4n) is 1.95. The van der Waals surface area contributed by atoms with Gasteiger partial charge >= 0.3 is 0 Å². The van der Waals surface area contributed by atoms with Crippen molar-refractivity contribution in [3.05, 3.63) is 38.8 Å². The summed E-state index contributed by atoms with van der Waals surface area (Å²) in [4.78, 5) is 6.14. The van der Waals surface area contributed by atoms with E-state index in [0.29, 0.717) is 0 Å². The van der Waals surface area contributed by atoms with Gasteiger partial charge in [0.05, 0.1) is 5.69 Å². The minimum Gasteiger partial charge on any atom is -0.312 e. The SMILES string of the molecule is CCNCc1sc(-c2ccc(C)cc2Br)nc1CC. The van der Waals surface area contributed by atoms with Gasteiger partial charge in [-0.3, -0.25) is 0 Å². The molecule has 0 saturated heterocycles. The molecule has 0 spiro atoms. The van der Waals surface area contributed by atoms with Gasteiger partial charge in [-0.05, 0) is 31.5 Å². The molecule has 0 radical (unpaired) electrons. The number of hydrogen-bond acceptors (Lipinski definition) is 3. The molecular formula is C15H19BrN2S. The molecule has 0 atom stereocenters. The maximum atomic E-state index is 4.79. The van der Waals surface area contributed by atoms with Crippen molar-refractivity contribution in [1.29, 1.82) is 0 Å². The van der Waals surface area contributed by atoms with E-state index in [1.54, 1.807) is 11.3 Å². The first-order valence-electron chi connectivity index (χ1n) is 6.61. The Morgan fingerprint density at radius 2 is 2.11 bits per heavy atom. The van der Waals surface area contributed by atoms with Crippen LogP contribution in [0.1, 0.15) is 30.0 Å². The Balaban J connectivity index is 2.36. The van der Waals surface area contributed by atoms with Crippen molar-refractivity contribution in [2.75, 3.05) is 6.54 Å². The Morgan fingerprint density at radius 1 is 1.32 bits per heavy atom. The van der Waals surface area contributed by atoms with Gasteiger partial charge in [-0.25, -0.2) is 4.98 Å². The number of nitrogens with zero attached hydrogens (tertiary/aromatic N) is 1. The van der Waals surface area contributed by atoms with E-state index in [0.717, 1.165) is 29.0 Å². The molecule has 2 rings (SSSR count). The average molecular weight is 339 g/mol. The van der Waals surface area contributed by atoms with Crippen molar-refractivity contribution in [3.8, 4) is 10.6 Å². The third kappa shape index (κ3) is 3.44. The summed E-state index contributed by atoms with van der Waals surface area (Å²) in [6.07, 6.45) is 0.987. The van der Waals surface area contributed by atoms with Gasteiger partial charge in [-0.2, -0.15) is 0 Å². The monoisotopic (exact) mass is 338 g/mol. The fourth-order valence-corrected chi connectivity index (χ4v) is 3.92. The van der Waals surface area contributed by atoms with Crippen LogP contribution in [0.15, 0.2) is 22.7 Å². The highest BCUT2D eigenvalue weighted by Gasteiger charge is 2.13. The highest BCUT2D eigenvalue weighted by molar-refractivity contribution is 9.10. The molecule has 1 N–H and O–H groups in total. The topological polar surface area (TPSA) is 24.9 Å². The third-order valence-electron chi connectivity index (χ3n) is 3.00. The molecule has 19 heavy (non-hydrogen) atoms. The second-order valence-electron chi connectivity index (χ2n) is 4.51. The molecule has 0 saturated carbocycles. The fraction of sp³-hybridized carbons (Fsp3) is 0.400. The molecular weight excluding hydrogens is 320 g/mol. The molecule has 4 heteroatoms. The van der Waals surface area contributed by atoms with Crippen LogP contribution in [0.3, 0.4) is 0 Å². The van der Waals surface area contributed by atoms with E-state index in [1.807, 2.05) is 0 Å². The molecule has 2 nitrogen and oxygen atoms in total. The van der Waals surface area contributed by atoms with Gasteiger partial charge in [0.2, 0.25) is 0 Å². The smallest absolute Gasteiger partial charge is 0.125 e. The zero-order valence-corrected chi connectivity index (χ0v) is 14.0. The minimum absolute atomic E-state index is 0.917. The highest BCUT2D eigenvalue weighted by atomic mass is 79.9. The first kappa shape index (κ1) is 14.7. The van der Waals surface area contributed by atoms with Crippen molar-refractivity contribution < 1.29 is 0 Å². The number of nitrogens with one attached hydrogen (secondary N) is 1. The third-order valence-corrected chi connectivity index (χ3v) is 4.79. The Kier molecular flexibility index (Phi) is 5.13.